The second kappa shape index (κ2) is 9.76. The van der Waals surface area contributed by atoms with Gasteiger partial charge in [0.2, 0.25) is 15.9 Å². The summed E-state index contributed by atoms with van der Waals surface area (Å²) in [7, 11) is -1.99. The maximum atomic E-state index is 13.5. The fourth-order valence-corrected chi connectivity index (χ4v) is 5.30. The van der Waals surface area contributed by atoms with E-state index in [1.807, 2.05) is 13.2 Å². The monoisotopic (exact) mass is 507 g/mol. The van der Waals surface area contributed by atoms with Crippen LogP contribution in [0.25, 0.3) is 32.8 Å². The number of hydrogen-bond donors (Lipinski definition) is 1. The van der Waals surface area contributed by atoms with Crippen LogP contribution < -0.4 is 10.2 Å². The SMILES string of the molecule is Cn1cc(-c2cnc3ccc4ccc(CS(=O)(=O)NCC(=O)N5CCOCC5)cc4c(=O)c3c2)cn1. The fourth-order valence-electron chi connectivity index (χ4n) is 4.23. The first-order valence-electron chi connectivity index (χ1n) is 11.5. The molecular weight excluding hydrogens is 482 g/mol. The second-order valence-electron chi connectivity index (χ2n) is 8.72. The Kier molecular flexibility index (Phi) is 6.52. The molecule has 2 aromatic heterocycles. The van der Waals surface area contributed by atoms with E-state index in [1.165, 1.54) is 0 Å². The molecule has 1 N–H and O–H groups in total. The van der Waals surface area contributed by atoms with Crippen LogP contribution in [-0.4, -0.2) is 66.8 Å². The van der Waals surface area contributed by atoms with Crippen molar-refractivity contribution in [1.82, 2.24) is 24.4 Å². The van der Waals surface area contributed by atoms with Gasteiger partial charge in [-0.3, -0.25) is 19.3 Å². The van der Waals surface area contributed by atoms with E-state index in [0.29, 0.717) is 53.5 Å². The zero-order valence-corrected chi connectivity index (χ0v) is 20.5. The molecule has 0 aliphatic carbocycles. The van der Waals surface area contributed by atoms with Crippen molar-refractivity contribution in [3.8, 4) is 11.1 Å². The number of fused-ring (bicyclic) bond motifs is 2. The number of sulfonamides is 1. The largest absolute Gasteiger partial charge is 0.378 e. The predicted octanol–water partition coefficient (Wildman–Crippen LogP) is 1.43. The van der Waals surface area contributed by atoms with Gasteiger partial charge < -0.3 is 9.64 Å². The van der Waals surface area contributed by atoms with Crippen LogP contribution in [0.4, 0.5) is 0 Å². The number of carbonyl (C=O) groups is 1. The first-order valence-corrected chi connectivity index (χ1v) is 13.1. The molecule has 1 aliphatic heterocycles. The van der Waals surface area contributed by atoms with Gasteiger partial charge in [-0.25, -0.2) is 13.1 Å². The molecule has 0 unspecified atom stereocenters. The Balaban J connectivity index is 1.43. The van der Waals surface area contributed by atoms with Gasteiger partial charge in [0.15, 0.2) is 5.43 Å². The molecule has 4 aromatic rings. The van der Waals surface area contributed by atoms with E-state index in [1.54, 1.807) is 58.4 Å². The van der Waals surface area contributed by atoms with Crippen LogP contribution >= 0.6 is 0 Å². The van der Waals surface area contributed by atoms with Gasteiger partial charge in [-0.15, -0.1) is 0 Å². The van der Waals surface area contributed by atoms with Crippen molar-refractivity contribution in [3.63, 3.8) is 0 Å². The molecule has 1 saturated heterocycles. The van der Waals surface area contributed by atoms with E-state index in [9.17, 15) is 18.0 Å². The normalized spacial score (nSPS) is 14.4. The number of morpholine rings is 1. The standard InChI is InChI=1S/C25H25N5O5S/c1-29-15-20(13-27-29)19-11-22-23(26-12-19)5-4-18-3-2-17(10-21(18)25(22)32)16-36(33,34)28-14-24(31)30-6-8-35-9-7-30/h2-5,10-13,15,28H,6-9,14,16H2,1H3. The van der Waals surface area contributed by atoms with Crippen LogP contribution in [-0.2, 0) is 32.4 Å². The average Bonchev–Trinajstić information content (AvgIpc) is 3.27. The Morgan fingerprint density at radius 2 is 1.83 bits per heavy atom. The molecule has 3 heterocycles. The van der Waals surface area contributed by atoms with Gasteiger partial charge in [0.1, 0.15) is 0 Å². The lowest BCUT2D eigenvalue weighted by Gasteiger charge is -2.26. The smallest absolute Gasteiger partial charge is 0.237 e. The quantitative estimate of drug-likeness (QED) is 0.419. The summed E-state index contributed by atoms with van der Waals surface area (Å²) in [6.45, 7) is 1.46. The summed E-state index contributed by atoms with van der Waals surface area (Å²) in [6.07, 6.45) is 5.24. The maximum Gasteiger partial charge on any atom is 0.237 e. The van der Waals surface area contributed by atoms with E-state index < -0.39 is 10.0 Å². The molecule has 1 amide bonds. The molecule has 5 rings (SSSR count). The van der Waals surface area contributed by atoms with Crippen LogP contribution in [0.3, 0.4) is 0 Å². The van der Waals surface area contributed by atoms with Gasteiger partial charge in [-0.2, -0.15) is 5.10 Å². The van der Waals surface area contributed by atoms with Crippen molar-refractivity contribution in [3.05, 3.63) is 70.8 Å². The number of nitrogens with zero attached hydrogens (tertiary/aromatic N) is 4. The lowest BCUT2D eigenvalue weighted by Crippen LogP contribution is -2.45. The topological polar surface area (TPSA) is 123 Å². The third-order valence-corrected chi connectivity index (χ3v) is 7.45. The van der Waals surface area contributed by atoms with E-state index in [-0.39, 0.29) is 23.6 Å². The highest BCUT2D eigenvalue weighted by atomic mass is 32.2. The number of hydrogen-bond acceptors (Lipinski definition) is 7. The van der Waals surface area contributed by atoms with E-state index in [4.69, 9.17) is 4.74 Å². The summed E-state index contributed by atoms with van der Waals surface area (Å²) in [5.74, 6) is -0.647. The van der Waals surface area contributed by atoms with Gasteiger partial charge in [0.05, 0.1) is 37.2 Å². The molecule has 0 saturated carbocycles. The molecule has 1 aliphatic rings. The number of amides is 1. The summed E-state index contributed by atoms with van der Waals surface area (Å²) in [4.78, 5) is 31.8. The van der Waals surface area contributed by atoms with Crippen molar-refractivity contribution in [2.45, 2.75) is 5.75 Å². The molecule has 186 valence electrons. The molecule has 2 aromatic carbocycles. The maximum absolute atomic E-state index is 13.5. The highest BCUT2D eigenvalue weighted by Crippen LogP contribution is 2.22. The minimum Gasteiger partial charge on any atom is -0.378 e. The molecule has 0 atom stereocenters. The van der Waals surface area contributed by atoms with Gasteiger partial charge >= 0.3 is 0 Å². The van der Waals surface area contributed by atoms with Crippen molar-refractivity contribution in [2.75, 3.05) is 32.8 Å². The molecular formula is C25H25N5O5S. The summed E-state index contributed by atoms with van der Waals surface area (Å²) < 4.78 is 34.6. The van der Waals surface area contributed by atoms with Crippen molar-refractivity contribution in [1.29, 1.82) is 0 Å². The molecule has 0 radical (unpaired) electrons. The van der Waals surface area contributed by atoms with Crippen molar-refractivity contribution in [2.24, 2.45) is 7.05 Å². The zero-order chi connectivity index (χ0) is 25.3. The first kappa shape index (κ1) is 24.0. The van der Waals surface area contributed by atoms with Gasteiger partial charge in [0.25, 0.3) is 0 Å². The third kappa shape index (κ3) is 5.13. The summed E-state index contributed by atoms with van der Waals surface area (Å²) >= 11 is 0. The minimum atomic E-state index is -3.80. The number of ether oxygens (including phenoxy) is 1. The number of rotatable bonds is 6. The Morgan fingerprint density at radius 3 is 2.58 bits per heavy atom. The highest BCUT2D eigenvalue weighted by molar-refractivity contribution is 7.88. The van der Waals surface area contributed by atoms with E-state index in [0.717, 1.165) is 11.1 Å². The molecule has 0 spiro atoms. The van der Waals surface area contributed by atoms with Gasteiger partial charge in [0, 0.05) is 54.4 Å². The second-order valence-corrected chi connectivity index (χ2v) is 10.5. The molecule has 1 fully saturated rings. The molecule has 0 bridgehead atoms. The highest BCUT2D eigenvalue weighted by Gasteiger charge is 2.20. The predicted molar refractivity (Wildman–Crippen MR) is 136 cm³/mol. The summed E-state index contributed by atoms with van der Waals surface area (Å²) in [5.41, 5.74) is 2.35. The summed E-state index contributed by atoms with van der Waals surface area (Å²) in [5, 5.41) is 5.68. The number of benzene rings is 1. The minimum absolute atomic E-state index is 0.238. The first-order chi connectivity index (χ1) is 17.3. The van der Waals surface area contributed by atoms with Crippen LogP contribution in [0.5, 0.6) is 0 Å². The average molecular weight is 508 g/mol. The molecule has 36 heavy (non-hydrogen) atoms. The Labute approximate surface area is 207 Å². The van der Waals surface area contributed by atoms with Crippen LogP contribution in [0.2, 0.25) is 0 Å². The number of nitrogens with one attached hydrogen (secondary N) is 1. The molecule has 10 nitrogen and oxygen atoms in total. The number of aryl methyl sites for hydroxylation is 1. The number of carbonyl (C=O) groups excluding carboxylic acids is 1. The number of pyridine rings is 1. The zero-order valence-electron chi connectivity index (χ0n) is 19.7. The van der Waals surface area contributed by atoms with Crippen molar-refractivity contribution >= 4 is 37.6 Å². The third-order valence-electron chi connectivity index (χ3n) is 6.15. The number of aromatic nitrogens is 3. The fraction of sp³-hybridized carbons (Fsp3) is 0.280. The molecule has 11 heteroatoms. The lowest BCUT2D eigenvalue weighted by molar-refractivity contribution is -0.133. The van der Waals surface area contributed by atoms with Gasteiger partial charge in [-0.1, -0.05) is 18.2 Å². The van der Waals surface area contributed by atoms with Crippen molar-refractivity contribution < 1.29 is 17.9 Å². The van der Waals surface area contributed by atoms with Crippen LogP contribution in [0, 0.1) is 0 Å². The Hall–Kier alpha value is -3.67. The lowest BCUT2D eigenvalue weighted by atomic mass is 10.1. The Bertz CT molecular complexity index is 1630. The summed E-state index contributed by atoms with van der Waals surface area (Å²) in [6, 6.07) is 10.3. The van der Waals surface area contributed by atoms with Gasteiger partial charge in [-0.05, 0) is 29.1 Å². The van der Waals surface area contributed by atoms with Crippen LogP contribution in [0.15, 0.2) is 59.8 Å². The Morgan fingerprint density at radius 1 is 1.06 bits per heavy atom. The van der Waals surface area contributed by atoms with E-state index in [2.05, 4.69) is 14.8 Å². The van der Waals surface area contributed by atoms with E-state index >= 15 is 0 Å². The van der Waals surface area contributed by atoms with Crippen LogP contribution in [0.1, 0.15) is 5.56 Å².